The van der Waals surface area contributed by atoms with Gasteiger partial charge in [-0.25, -0.2) is 4.98 Å². The fourth-order valence-corrected chi connectivity index (χ4v) is 0.880. The molecule has 2 aromatic rings. The molecule has 1 aromatic carbocycles. The summed E-state index contributed by atoms with van der Waals surface area (Å²) in [4.78, 5) is 7.07. The van der Waals surface area contributed by atoms with Crippen LogP contribution < -0.4 is 0 Å². The van der Waals surface area contributed by atoms with Gasteiger partial charge in [-0.15, -0.1) is 0 Å². The Labute approximate surface area is 68.6 Å². The van der Waals surface area contributed by atoms with Crippen molar-refractivity contribution >= 4 is 11.0 Å². The maximum absolute atomic E-state index is 4.06. The number of benzene rings is 1. The molecule has 1 heterocycles. The number of imidazole rings is 1. The Balaban J connectivity index is 0.000000500. The third-order valence-corrected chi connectivity index (χ3v) is 1.33. The molecular formula is C7H6N2Ni. The quantitative estimate of drug-likeness (QED) is 0.607. The van der Waals surface area contributed by atoms with Gasteiger partial charge in [0, 0.05) is 16.5 Å². The summed E-state index contributed by atoms with van der Waals surface area (Å²) in [5.41, 5.74) is 2.12. The second-order valence-electron chi connectivity index (χ2n) is 1.92. The van der Waals surface area contributed by atoms with Gasteiger partial charge in [-0.2, -0.15) is 0 Å². The van der Waals surface area contributed by atoms with Crippen molar-refractivity contribution in [3.8, 4) is 0 Å². The largest absolute Gasteiger partial charge is 0.345 e. The molecule has 0 amide bonds. The Morgan fingerprint density at radius 3 is 2.80 bits per heavy atom. The monoisotopic (exact) mass is 176 g/mol. The molecule has 10 heavy (non-hydrogen) atoms. The molecule has 0 atom stereocenters. The van der Waals surface area contributed by atoms with Gasteiger partial charge in [-0.3, -0.25) is 0 Å². The van der Waals surface area contributed by atoms with E-state index in [-0.39, 0.29) is 16.5 Å². The first-order valence-electron chi connectivity index (χ1n) is 2.85. The Morgan fingerprint density at radius 2 is 2.00 bits per heavy atom. The first-order valence-corrected chi connectivity index (χ1v) is 2.85. The second-order valence-corrected chi connectivity index (χ2v) is 1.92. The van der Waals surface area contributed by atoms with E-state index in [2.05, 4.69) is 9.97 Å². The van der Waals surface area contributed by atoms with Crippen LogP contribution in [0.2, 0.25) is 0 Å². The van der Waals surface area contributed by atoms with Gasteiger partial charge in [0.25, 0.3) is 0 Å². The topological polar surface area (TPSA) is 28.7 Å². The summed E-state index contributed by atoms with van der Waals surface area (Å²) in [6.07, 6.45) is 1.70. The summed E-state index contributed by atoms with van der Waals surface area (Å²) < 4.78 is 0. The van der Waals surface area contributed by atoms with Crippen LogP contribution in [0.3, 0.4) is 0 Å². The number of nitrogens with zero attached hydrogens (tertiary/aromatic N) is 1. The molecule has 0 radical (unpaired) electrons. The van der Waals surface area contributed by atoms with E-state index in [1.54, 1.807) is 6.33 Å². The van der Waals surface area contributed by atoms with Crippen LogP contribution in [-0.4, -0.2) is 9.97 Å². The van der Waals surface area contributed by atoms with Gasteiger partial charge in [-0.05, 0) is 12.1 Å². The van der Waals surface area contributed by atoms with Crippen LogP contribution in [0, 0.1) is 0 Å². The number of para-hydroxylation sites is 2. The fraction of sp³-hybridized carbons (Fsp3) is 0. The van der Waals surface area contributed by atoms with Gasteiger partial charge in [0.2, 0.25) is 0 Å². The maximum atomic E-state index is 4.06. The Kier molecular flexibility index (Phi) is 2.07. The summed E-state index contributed by atoms with van der Waals surface area (Å²) in [5, 5.41) is 0. The molecule has 2 nitrogen and oxygen atoms in total. The summed E-state index contributed by atoms with van der Waals surface area (Å²) in [6, 6.07) is 7.94. The molecule has 0 aliphatic carbocycles. The predicted octanol–water partition coefficient (Wildman–Crippen LogP) is 1.56. The molecule has 0 saturated heterocycles. The normalized spacial score (nSPS) is 9.20. The number of aromatic nitrogens is 2. The van der Waals surface area contributed by atoms with E-state index in [0.29, 0.717) is 0 Å². The molecule has 0 spiro atoms. The van der Waals surface area contributed by atoms with Crippen molar-refractivity contribution in [2.75, 3.05) is 0 Å². The Bertz CT molecular complexity index is 286. The Hall–Kier alpha value is -0.816. The third-order valence-electron chi connectivity index (χ3n) is 1.33. The van der Waals surface area contributed by atoms with Crippen LogP contribution in [0.4, 0.5) is 0 Å². The third kappa shape index (κ3) is 1.05. The average Bonchev–Trinajstić information content (AvgIpc) is 2.33. The van der Waals surface area contributed by atoms with Gasteiger partial charge in [-0.1, -0.05) is 12.1 Å². The molecule has 0 fully saturated rings. The zero-order chi connectivity index (χ0) is 6.10. The van der Waals surface area contributed by atoms with Gasteiger partial charge in [0.1, 0.15) is 0 Å². The van der Waals surface area contributed by atoms with E-state index in [0.717, 1.165) is 11.0 Å². The van der Waals surface area contributed by atoms with E-state index < -0.39 is 0 Å². The number of nitrogens with one attached hydrogen (secondary N) is 1. The zero-order valence-electron chi connectivity index (χ0n) is 5.15. The average molecular weight is 177 g/mol. The maximum Gasteiger partial charge on any atom is 0.0931 e. The number of H-pyrrole nitrogens is 1. The van der Waals surface area contributed by atoms with E-state index in [4.69, 9.17) is 0 Å². The summed E-state index contributed by atoms with van der Waals surface area (Å²) in [5.74, 6) is 0. The van der Waals surface area contributed by atoms with E-state index in [9.17, 15) is 0 Å². The summed E-state index contributed by atoms with van der Waals surface area (Å²) in [7, 11) is 0. The van der Waals surface area contributed by atoms with Crippen molar-refractivity contribution in [2.24, 2.45) is 0 Å². The van der Waals surface area contributed by atoms with E-state index in [1.165, 1.54) is 0 Å². The molecule has 2 rings (SSSR count). The number of fused-ring (bicyclic) bond motifs is 1. The van der Waals surface area contributed by atoms with Crippen LogP contribution in [0.25, 0.3) is 11.0 Å². The van der Waals surface area contributed by atoms with Crippen LogP contribution in [-0.2, 0) is 16.5 Å². The molecule has 1 N–H and O–H groups in total. The van der Waals surface area contributed by atoms with Crippen molar-refractivity contribution < 1.29 is 16.5 Å². The molecule has 0 unspecified atom stereocenters. The van der Waals surface area contributed by atoms with Crippen LogP contribution in [0.5, 0.6) is 0 Å². The molecular weight excluding hydrogens is 171 g/mol. The van der Waals surface area contributed by atoms with Crippen molar-refractivity contribution in [1.29, 1.82) is 0 Å². The van der Waals surface area contributed by atoms with E-state index >= 15 is 0 Å². The van der Waals surface area contributed by atoms with Crippen LogP contribution in [0.1, 0.15) is 0 Å². The van der Waals surface area contributed by atoms with Crippen molar-refractivity contribution in [1.82, 2.24) is 9.97 Å². The second kappa shape index (κ2) is 2.84. The minimum absolute atomic E-state index is 0. The van der Waals surface area contributed by atoms with Crippen molar-refractivity contribution in [3.63, 3.8) is 0 Å². The molecule has 0 bridgehead atoms. The fourth-order valence-electron chi connectivity index (χ4n) is 0.880. The van der Waals surface area contributed by atoms with E-state index in [1.807, 2.05) is 24.3 Å². The van der Waals surface area contributed by atoms with Gasteiger partial charge in [0.15, 0.2) is 0 Å². The van der Waals surface area contributed by atoms with Gasteiger partial charge < -0.3 is 4.98 Å². The minimum atomic E-state index is 0. The number of hydrogen-bond donors (Lipinski definition) is 1. The first-order chi connectivity index (χ1) is 4.47. The van der Waals surface area contributed by atoms with Gasteiger partial charge in [0.05, 0.1) is 17.4 Å². The minimum Gasteiger partial charge on any atom is -0.345 e. The molecule has 0 aliphatic rings. The number of aromatic amines is 1. The predicted molar refractivity (Wildman–Crippen MR) is 36.1 cm³/mol. The van der Waals surface area contributed by atoms with Crippen LogP contribution in [0.15, 0.2) is 30.6 Å². The SMILES string of the molecule is [Ni].c1ccc2[nH]cnc2c1. The first kappa shape index (κ1) is 7.29. The van der Waals surface area contributed by atoms with Crippen molar-refractivity contribution in [2.45, 2.75) is 0 Å². The van der Waals surface area contributed by atoms with Crippen molar-refractivity contribution in [3.05, 3.63) is 30.6 Å². The summed E-state index contributed by atoms with van der Waals surface area (Å²) in [6.45, 7) is 0. The smallest absolute Gasteiger partial charge is 0.0931 e. The number of rotatable bonds is 0. The zero-order valence-corrected chi connectivity index (χ0v) is 6.14. The van der Waals surface area contributed by atoms with Gasteiger partial charge >= 0.3 is 0 Å². The Morgan fingerprint density at radius 1 is 1.20 bits per heavy atom. The molecule has 54 valence electrons. The molecule has 3 heteroatoms. The molecule has 1 aromatic heterocycles. The molecule has 0 saturated carbocycles. The molecule has 0 aliphatic heterocycles. The number of hydrogen-bond acceptors (Lipinski definition) is 1. The van der Waals surface area contributed by atoms with Crippen LogP contribution >= 0.6 is 0 Å². The summed E-state index contributed by atoms with van der Waals surface area (Å²) >= 11 is 0. The standard InChI is InChI=1S/C7H6N2.Ni/c1-2-4-7-6(3-1)8-5-9-7;/h1-5H,(H,8,9);.